The van der Waals surface area contributed by atoms with Gasteiger partial charge in [-0.05, 0) is 47.0 Å². The summed E-state index contributed by atoms with van der Waals surface area (Å²) in [7, 11) is 3.25. The summed E-state index contributed by atoms with van der Waals surface area (Å²) in [6.45, 7) is 0.427. The first kappa shape index (κ1) is 22.2. The Kier molecular flexibility index (Phi) is 5.40. The van der Waals surface area contributed by atoms with Crippen LogP contribution in [-0.4, -0.2) is 53.4 Å². The van der Waals surface area contributed by atoms with Crippen molar-refractivity contribution >= 4 is 22.7 Å². The minimum Gasteiger partial charge on any atom is -0.497 e. The van der Waals surface area contributed by atoms with Gasteiger partial charge in [0, 0.05) is 29.6 Å². The zero-order valence-corrected chi connectivity index (χ0v) is 20.2. The van der Waals surface area contributed by atoms with Gasteiger partial charge in [-0.3, -0.25) is 9.59 Å². The number of ether oxygens (including phenoxy) is 2. The van der Waals surface area contributed by atoms with Gasteiger partial charge in [-0.25, -0.2) is 0 Å². The first-order valence-corrected chi connectivity index (χ1v) is 12.0. The third-order valence-corrected chi connectivity index (χ3v) is 7.31. The van der Waals surface area contributed by atoms with Crippen LogP contribution >= 0.6 is 0 Å². The molecule has 2 atom stereocenters. The fourth-order valence-corrected chi connectivity index (χ4v) is 5.54. The van der Waals surface area contributed by atoms with Crippen molar-refractivity contribution in [1.82, 2.24) is 14.8 Å². The van der Waals surface area contributed by atoms with Crippen LogP contribution in [0.1, 0.15) is 28.4 Å². The van der Waals surface area contributed by atoms with Crippen LogP contribution in [0.5, 0.6) is 11.5 Å². The van der Waals surface area contributed by atoms with E-state index in [9.17, 15) is 9.59 Å². The Bertz CT molecular complexity index is 1440. The molecule has 7 nitrogen and oxygen atoms in total. The van der Waals surface area contributed by atoms with Crippen molar-refractivity contribution in [2.24, 2.45) is 0 Å². The summed E-state index contributed by atoms with van der Waals surface area (Å²) in [5, 5.41) is 1.10. The number of carbonyl (C=O) groups excluding carboxylic acids is 2. The Balaban J connectivity index is 1.41. The van der Waals surface area contributed by atoms with E-state index in [-0.39, 0.29) is 24.4 Å². The maximum Gasteiger partial charge on any atom is 0.246 e. The normalized spacial score (nSPS) is 19.3. The largest absolute Gasteiger partial charge is 0.497 e. The van der Waals surface area contributed by atoms with Crippen LogP contribution in [0.2, 0.25) is 0 Å². The number of aromatic amines is 1. The van der Waals surface area contributed by atoms with Gasteiger partial charge in [0.15, 0.2) is 0 Å². The lowest BCUT2D eigenvalue weighted by molar-refractivity contribution is -0.159. The average molecular weight is 482 g/mol. The number of nitrogens with zero attached hydrogens (tertiary/aromatic N) is 2. The second-order valence-electron chi connectivity index (χ2n) is 9.30. The molecule has 7 heteroatoms. The Hall–Kier alpha value is -4.26. The van der Waals surface area contributed by atoms with E-state index in [1.54, 1.807) is 24.0 Å². The summed E-state index contributed by atoms with van der Waals surface area (Å²) in [4.78, 5) is 34.6. The van der Waals surface area contributed by atoms with Gasteiger partial charge in [-0.1, -0.05) is 42.5 Å². The predicted molar refractivity (Wildman–Crippen MR) is 136 cm³/mol. The number of H-pyrrole nitrogens is 1. The zero-order valence-electron chi connectivity index (χ0n) is 20.2. The topological polar surface area (TPSA) is 74.9 Å². The standard InChI is InChI=1S/C29H27N3O4/c1-35-20-11-7-18(8-12-20)16-31-17-26(33)32-25(29(31)34)15-23-22-5-3-4-6-24(22)30-27(23)28(32)19-9-13-21(36-2)14-10-19/h3-14,25,28,30H,15-17H2,1-2H3/t25-,28-/m0/s1. The molecule has 0 spiro atoms. The number of benzene rings is 3. The summed E-state index contributed by atoms with van der Waals surface area (Å²) in [6.07, 6.45) is 0.482. The number of rotatable bonds is 5. The molecule has 3 heterocycles. The van der Waals surface area contributed by atoms with Crippen LogP contribution in [0.25, 0.3) is 10.9 Å². The lowest BCUT2D eigenvalue weighted by Crippen LogP contribution is -2.62. The molecule has 0 aliphatic carbocycles. The molecule has 1 fully saturated rings. The number of piperazine rings is 1. The van der Waals surface area contributed by atoms with Crippen molar-refractivity contribution in [3.63, 3.8) is 0 Å². The second kappa shape index (κ2) is 8.75. The first-order valence-electron chi connectivity index (χ1n) is 12.0. The lowest BCUT2D eigenvalue weighted by Gasteiger charge is -2.47. The van der Waals surface area contributed by atoms with Gasteiger partial charge < -0.3 is 24.3 Å². The number of fused-ring (bicyclic) bond motifs is 4. The number of aromatic nitrogens is 1. The number of hydrogen-bond acceptors (Lipinski definition) is 4. The van der Waals surface area contributed by atoms with E-state index < -0.39 is 6.04 Å². The molecule has 0 unspecified atom stereocenters. The van der Waals surface area contributed by atoms with Crippen molar-refractivity contribution in [2.75, 3.05) is 20.8 Å². The van der Waals surface area contributed by atoms with Gasteiger partial charge in [-0.15, -0.1) is 0 Å². The Morgan fingerprint density at radius 1 is 0.889 bits per heavy atom. The SMILES string of the molecule is COc1ccc(CN2CC(=O)N3[C@@H](c4ccc(OC)cc4)c4[nH]c5ccccc5c4C[C@H]3C2=O)cc1. The highest BCUT2D eigenvalue weighted by Crippen LogP contribution is 2.43. The monoisotopic (exact) mass is 481 g/mol. The van der Waals surface area contributed by atoms with Crippen molar-refractivity contribution < 1.29 is 19.1 Å². The summed E-state index contributed by atoms with van der Waals surface area (Å²) >= 11 is 0. The highest BCUT2D eigenvalue weighted by molar-refractivity contribution is 5.97. The molecule has 2 aliphatic heterocycles. The highest BCUT2D eigenvalue weighted by Gasteiger charge is 2.48. The molecule has 6 rings (SSSR count). The molecule has 182 valence electrons. The molecular formula is C29H27N3O4. The van der Waals surface area contributed by atoms with Crippen molar-refractivity contribution in [2.45, 2.75) is 25.0 Å². The van der Waals surface area contributed by atoms with Crippen molar-refractivity contribution in [1.29, 1.82) is 0 Å². The highest BCUT2D eigenvalue weighted by atomic mass is 16.5. The maximum absolute atomic E-state index is 13.9. The van der Waals surface area contributed by atoms with Crippen LogP contribution in [-0.2, 0) is 22.6 Å². The first-order chi connectivity index (χ1) is 17.6. The van der Waals surface area contributed by atoms with E-state index in [1.165, 1.54) is 0 Å². The lowest BCUT2D eigenvalue weighted by atomic mass is 9.86. The summed E-state index contributed by atoms with van der Waals surface area (Å²) in [5.41, 5.74) is 4.98. The average Bonchev–Trinajstić information content (AvgIpc) is 3.29. The molecule has 1 N–H and O–H groups in total. The minimum atomic E-state index is -0.566. The number of methoxy groups -OCH3 is 2. The Morgan fingerprint density at radius 2 is 1.56 bits per heavy atom. The predicted octanol–water partition coefficient (Wildman–Crippen LogP) is 4.07. The molecule has 2 amide bonds. The molecule has 2 aliphatic rings. The minimum absolute atomic E-state index is 0.0279. The third kappa shape index (κ3) is 3.59. The Morgan fingerprint density at radius 3 is 2.25 bits per heavy atom. The number of nitrogens with one attached hydrogen (secondary N) is 1. The van der Waals surface area contributed by atoms with Crippen LogP contribution in [0.15, 0.2) is 72.8 Å². The summed E-state index contributed by atoms with van der Waals surface area (Å²) in [6, 6.07) is 22.5. The quantitative estimate of drug-likeness (QED) is 0.466. The fourth-order valence-electron chi connectivity index (χ4n) is 5.54. The summed E-state index contributed by atoms with van der Waals surface area (Å²) in [5.74, 6) is 1.42. The van der Waals surface area contributed by atoms with Gasteiger partial charge in [0.2, 0.25) is 11.8 Å². The van der Waals surface area contributed by atoms with E-state index >= 15 is 0 Å². The molecule has 0 radical (unpaired) electrons. The van der Waals surface area contributed by atoms with Crippen LogP contribution in [0, 0.1) is 0 Å². The van der Waals surface area contributed by atoms with Gasteiger partial charge >= 0.3 is 0 Å². The summed E-state index contributed by atoms with van der Waals surface area (Å²) < 4.78 is 10.6. The van der Waals surface area contributed by atoms with E-state index in [0.717, 1.165) is 44.8 Å². The number of carbonyl (C=O) groups is 2. The molecule has 4 aromatic rings. The van der Waals surface area contributed by atoms with E-state index in [4.69, 9.17) is 9.47 Å². The van der Waals surface area contributed by atoms with Gasteiger partial charge in [0.1, 0.15) is 24.1 Å². The van der Waals surface area contributed by atoms with E-state index in [2.05, 4.69) is 11.1 Å². The second-order valence-corrected chi connectivity index (χ2v) is 9.30. The number of para-hydroxylation sites is 1. The Labute approximate surface area is 209 Å². The van der Waals surface area contributed by atoms with Gasteiger partial charge in [-0.2, -0.15) is 0 Å². The van der Waals surface area contributed by atoms with Crippen molar-refractivity contribution in [3.05, 3.63) is 95.2 Å². The van der Waals surface area contributed by atoms with Crippen molar-refractivity contribution in [3.8, 4) is 11.5 Å². The van der Waals surface area contributed by atoms with Crippen LogP contribution in [0.3, 0.4) is 0 Å². The van der Waals surface area contributed by atoms with E-state index in [0.29, 0.717) is 13.0 Å². The zero-order chi connectivity index (χ0) is 24.8. The molecule has 1 aromatic heterocycles. The van der Waals surface area contributed by atoms with Crippen LogP contribution < -0.4 is 9.47 Å². The smallest absolute Gasteiger partial charge is 0.246 e. The third-order valence-electron chi connectivity index (χ3n) is 7.31. The molecule has 36 heavy (non-hydrogen) atoms. The molecular weight excluding hydrogens is 454 g/mol. The molecule has 3 aromatic carbocycles. The number of amides is 2. The molecule has 0 saturated carbocycles. The van der Waals surface area contributed by atoms with Gasteiger partial charge in [0.25, 0.3) is 0 Å². The molecule has 1 saturated heterocycles. The van der Waals surface area contributed by atoms with Crippen LogP contribution in [0.4, 0.5) is 0 Å². The fraction of sp³-hybridized carbons (Fsp3) is 0.241. The maximum atomic E-state index is 13.9. The van der Waals surface area contributed by atoms with Gasteiger partial charge in [0.05, 0.1) is 20.3 Å². The van der Waals surface area contributed by atoms with E-state index in [1.807, 2.05) is 66.7 Å². The number of hydrogen-bond donors (Lipinski definition) is 1. The molecule has 0 bridgehead atoms.